The summed E-state index contributed by atoms with van der Waals surface area (Å²) in [7, 11) is 0. The van der Waals surface area contributed by atoms with Crippen LogP contribution in [0.25, 0.3) is 22.2 Å². The number of nitrogens with zero attached hydrogens (tertiary/aromatic N) is 2. The third kappa shape index (κ3) is 3.29. The lowest BCUT2D eigenvalue weighted by Gasteiger charge is -2.41. The summed E-state index contributed by atoms with van der Waals surface area (Å²) >= 11 is 6.48. The van der Waals surface area contributed by atoms with E-state index in [-0.39, 0.29) is 5.91 Å². The van der Waals surface area contributed by atoms with E-state index < -0.39 is 6.10 Å². The minimum Gasteiger partial charge on any atom is -0.479 e. The van der Waals surface area contributed by atoms with Crippen LogP contribution in [-0.4, -0.2) is 53.1 Å². The highest BCUT2D eigenvalue weighted by Gasteiger charge is 2.38. The van der Waals surface area contributed by atoms with Crippen LogP contribution >= 0.6 is 11.6 Å². The molecule has 7 heteroatoms. The van der Waals surface area contributed by atoms with Crippen molar-refractivity contribution < 1.29 is 9.53 Å². The van der Waals surface area contributed by atoms with Gasteiger partial charge in [0.1, 0.15) is 11.4 Å². The predicted octanol–water partition coefficient (Wildman–Crippen LogP) is 3.64. The molecule has 6 nitrogen and oxygen atoms in total. The lowest BCUT2D eigenvalue weighted by atomic mass is 9.82. The summed E-state index contributed by atoms with van der Waals surface area (Å²) in [5.74, 6) is 2.19. The average molecular weight is 437 g/mol. The molecule has 0 bridgehead atoms. The van der Waals surface area contributed by atoms with Crippen molar-refractivity contribution in [3.8, 4) is 16.9 Å². The number of hydrogen-bond donors (Lipinski definition) is 2. The zero-order valence-corrected chi connectivity index (χ0v) is 18.0. The van der Waals surface area contributed by atoms with E-state index in [4.69, 9.17) is 16.3 Å². The first kappa shape index (κ1) is 19.1. The number of pyridine rings is 1. The quantitative estimate of drug-likeness (QED) is 0.657. The van der Waals surface area contributed by atoms with Gasteiger partial charge in [-0.15, -0.1) is 0 Å². The lowest BCUT2D eigenvalue weighted by molar-refractivity contribution is -0.140. The summed E-state index contributed by atoms with van der Waals surface area (Å²) in [4.78, 5) is 23.0. The van der Waals surface area contributed by atoms with Gasteiger partial charge in [-0.1, -0.05) is 11.6 Å². The van der Waals surface area contributed by atoms with Gasteiger partial charge < -0.3 is 19.9 Å². The van der Waals surface area contributed by atoms with E-state index >= 15 is 0 Å². The summed E-state index contributed by atoms with van der Waals surface area (Å²) in [5.41, 5.74) is 3.75. The van der Waals surface area contributed by atoms with Gasteiger partial charge in [0, 0.05) is 53.4 Å². The molecule has 1 unspecified atom stereocenters. The molecule has 0 aliphatic carbocycles. The van der Waals surface area contributed by atoms with E-state index in [1.54, 1.807) is 6.20 Å². The summed E-state index contributed by atoms with van der Waals surface area (Å²) in [5, 5.41) is 5.03. The van der Waals surface area contributed by atoms with Crippen LogP contribution in [0, 0.1) is 11.8 Å². The second kappa shape index (κ2) is 7.53. The lowest BCUT2D eigenvalue weighted by Crippen LogP contribution is -2.53. The van der Waals surface area contributed by atoms with Crippen molar-refractivity contribution >= 4 is 28.5 Å². The standard InChI is InChI=1S/C24H25ClN4O2/c25-17-8-15-9-21(24(30)29-7-1-2-14(13-29)16-11-26-12-16)31-22(15)20(10-17)18-3-5-27-23-19(18)4-6-28-23/h3-6,8,10,14,16,21,26H,1-2,7,9,11-13H2,(H,27,28)/t14?,21-/m0/s1. The van der Waals surface area contributed by atoms with Crippen molar-refractivity contribution in [2.24, 2.45) is 11.8 Å². The minimum absolute atomic E-state index is 0.108. The van der Waals surface area contributed by atoms with Gasteiger partial charge in [-0.05, 0) is 67.6 Å². The molecule has 1 amide bonds. The molecule has 2 atom stereocenters. The average Bonchev–Trinajstić information content (AvgIpc) is 3.38. The van der Waals surface area contributed by atoms with E-state index in [1.807, 2.05) is 35.4 Å². The number of rotatable bonds is 3. The molecule has 0 spiro atoms. The highest BCUT2D eigenvalue weighted by Crippen LogP contribution is 2.43. The first-order valence-corrected chi connectivity index (χ1v) is 11.5. The van der Waals surface area contributed by atoms with E-state index in [1.165, 1.54) is 6.42 Å². The second-order valence-corrected chi connectivity index (χ2v) is 9.39. The molecule has 2 fully saturated rings. The maximum absolute atomic E-state index is 13.4. The Labute approximate surface area is 185 Å². The summed E-state index contributed by atoms with van der Waals surface area (Å²) < 4.78 is 6.33. The smallest absolute Gasteiger partial charge is 0.264 e. The van der Waals surface area contributed by atoms with Crippen LogP contribution in [0.1, 0.15) is 18.4 Å². The Kier molecular flexibility index (Phi) is 4.65. The van der Waals surface area contributed by atoms with Gasteiger partial charge >= 0.3 is 0 Å². The normalized spacial score (nSPS) is 23.5. The van der Waals surface area contributed by atoms with Gasteiger partial charge in [-0.3, -0.25) is 4.79 Å². The monoisotopic (exact) mass is 436 g/mol. The first-order valence-electron chi connectivity index (χ1n) is 11.1. The minimum atomic E-state index is -0.478. The number of carbonyl (C=O) groups excluding carboxylic acids is 1. The molecule has 3 aliphatic heterocycles. The van der Waals surface area contributed by atoms with Gasteiger partial charge in [0.15, 0.2) is 6.10 Å². The van der Waals surface area contributed by atoms with Gasteiger partial charge in [0.05, 0.1) is 0 Å². The molecule has 5 heterocycles. The van der Waals surface area contributed by atoms with Gasteiger partial charge in [0.2, 0.25) is 0 Å². The Morgan fingerprint density at radius 3 is 2.94 bits per heavy atom. The maximum Gasteiger partial charge on any atom is 0.264 e. The number of piperidine rings is 1. The number of likely N-dealkylation sites (tertiary alicyclic amines) is 1. The number of carbonyl (C=O) groups is 1. The topological polar surface area (TPSA) is 70.2 Å². The second-order valence-electron chi connectivity index (χ2n) is 8.96. The molecule has 0 saturated carbocycles. The Balaban J connectivity index is 1.28. The van der Waals surface area contributed by atoms with Gasteiger partial charge in [-0.2, -0.15) is 0 Å². The fraction of sp³-hybridized carbons (Fsp3) is 0.417. The van der Waals surface area contributed by atoms with Gasteiger partial charge in [-0.25, -0.2) is 4.98 Å². The molecule has 3 aliphatic rings. The number of amides is 1. The highest BCUT2D eigenvalue weighted by molar-refractivity contribution is 6.31. The number of halogens is 1. The fourth-order valence-electron chi connectivity index (χ4n) is 5.30. The van der Waals surface area contributed by atoms with E-state index in [2.05, 4.69) is 15.3 Å². The molecule has 1 aromatic carbocycles. The number of hydrogen-bond acceptors (Lipinski definition) is 4. The number of H-pyrrole nitrogens is 1. The molecule has 160 valence electrons. The highest BCUT2D eigenvalue weighted by atomic mass is 35.5. The largest absolute Gasteiger partial charge is 0.479 e. The van der Waals surface area contributed by atoms with Crippen LogP contribution in [0.2, 0.25) is 5.02 Å². The third-order valence-corrected chi connectivity index (χ3v) is 7.29. The Morgan fingerprint density at radius 1 is 1.19 bits per heavy atom. The summed E-state index contributed by atoms with van der Waals surface area (Å²) in [6.45, 7) is 3.84. The van der Waals surface area contributed by atoms with Crippen molar-refractivity contribution in [3.05, 3.63) is 47.2 Å². The number of aromatic amines is 1. The van der Waals surface area contributed by atoms with Crippen LogP contribution in [-0.2, 0) is 11.2 Å². The van der Waals surface area contributed by atoms with Crippen molar-refractivity contribution in [2.75, 3.05) is 26.2 Å². The maximum atomic E-state index is 13.4. The van der Waals surface area contributed by atoms with Crippen LogP contribution < -0.4 is 10.1 Å². The molecule has 31 heavy (non-hydrogen) atoms. The molecule has 0 radical (unpaired) electrons. The zero-order chi connectivity index (χ0) is 20.9. The van der Waals surface area contributed by atoms with Crippen LogP contribution in [0.4, 0.5) is 0 Å². The Morgan fingerprint density at radius 2 is 2.10 bits per heavy atom. The number of fused-ring (bicyclic) bond motifs is 2. The van der Waals surface area contributed by atoms with Crippen molar-refractivity contribution in [1.29, 1.82) is 0 Å². The third-order valence-electron chi connectivity index (χ3n) is 7.07. The Hall–Kier alpha value is -2.57. The number of benzene rings is 1. The SMILES string of the molecule is O=C([C@@H]1Cc2cc(Cl)cc(-c3ccnc4[nH]ccc34)c2O1)N1CCCC(C2CNC2)C1. The molecule has 2 N–H and O–H groups in total. The van der Waals surface area contributed by atoms with Crippen LogP contribution in [0.5, 0.6) is 5.75 Å². The first-order chi connectivity index (χ1) is 15.2. The fourth-order valence-corrected chi connectivity index (χ4v) is 5.54. The molecule has 2 aromatic heterocycles. The summed E-state index contributed by atoms with van der Waals surface area (Å²) in [6, 6.07) is 7.84. The van der Waals surface area contributed by atoms with Crippen molar-refractivity contribution in [2.45, 2.75) is 25.4 Å². The van der Waals surface area contributed by atoms with E-state index in [9.17, 15) is 4.79 Å². The number of nitrogens with one attached hydrogen (secondary N) is 2. The van der Waals surface area contributed by atoms with Crippen molar-refractivity contribution in [3.63, 3.8) is 0 Å². The zero-order valence-electron chi connectivity index (χ0n) is 17.2. The predicted molar refractivity (Wildman–Crippen MR) is 120 cm³/mol. The van der Waals surface area contributed by atoms with Crippen LogP contribution in [0.3, 0.4) is 0 Å². The number of ether oxygens (including phenoxy) is 1. The van der Waals surface area contributed by atoms with Gasteiger partial charge in [0.25, 0.3) is 5.91 Å². The molecular weight excluding hydrogens is 412 g/mol. The molecule has 3 aromatic rings. The van der Waals surface area contributed by atoms with Crippen LogP contribution in [0.15, 0.2) is 36.7 Å². The van der Waals surface area contributed by atoms with E-state index in [0.717, 1.165) is 66.1 Å². The van der Waals surface area contributed by atoms with E-state index in [0.29, 0.717) is 23.3 Å². The molecule has 2 saturated heterocycles. The summed E-state index contributed by atoms with van der Waals surface area (Å²) in [6.07, 6.45) is 6.04. The van der Waals surface area contributed by atoms with Crippen molar-refractivity contribution in [1.82, 2.24) is 20.2 Å². The number of aromatic nitrogens is 2. The molecule has 6 rings (SSSR count). The molecular formula is C24H25ClN4O2. The Bertz CT molecular complexity index is 1160.